The minimum absolute atomic E-state index is 0.0371. The van der Waals surface area contributed by atoms with Gasteiger partial charge in [-0.1, -0.05) is 0 Å². The molecule has 3 aromatic carbocycles. The molecule has 6 atom stereocenters. The summed E-state index contributed by atoms with van der Waals surface area (Å²) in [5.74, 6) is -7.86. The summed E-state index contributed by atoms with van der Waals surface area (Å²) in [6.45, 7) is 5.15. The SMILES string of the molecule is Cc1ccncc1-c1c(F)c(N)c2cnc(NC(=O)C3CC3C#N)cc2c1F.Cc1ccncc1-c1c(F)c(N)c2cnc(NC(=O)[C@@H]3C[C@H]3C#N)cc2c1F.Cc1ccncc1-c1c(F)c(N)c2cnc(NC(=O)[C@H]3C[C@@H]3C#N)cc2c1F. The van der Waals surface area contributed by atoms with Gasteiger partial charge in [-0.05, 0) is 93.1 Å². The van der Waals surface area contributed by atoms with E-state index in [0.717, 1.165) is 0 Å². The minimum Gasteiger partial charge on any atom is -0.396 e. The van der Waals surface area contributed by atoms with Gasteiger partial charge in [-0.15, -0.1) is 0 Å². The summed E-state index contributed by atoms with van der Waals surface area (Å²) < 4.78 is 90.4. The van der Waals surface area contributed by atoms with E-state index in [1.165, 1.54) is 74.0 Å². The molecule has 84 heavy (non-hydrogen) atoms. The van der Waals surface area contributed by atoms with E-state index in [4.69, 9.17) is 33.0 Å². The van der Waals surface area contributed by atoms with E-state index in [9.17, 15) is 27.6 Å². The van der Waals surface area contributed by atoms with Gasteiger partial charge in [0.25, 0.3) is 0 Å². The standard InChI is InChI=1S/3C20H15F2N5O/c3*1-9-2-3-25-7-13(9)16-17(21)12-5-15(26-8-14(12)19(24)18(16)22)27-20(28)11-4-10(11)6-23/h3*2-3,5,7-8,10-11H,4,24H2,1H3,(H,26,27,28)/t2*10-,11+;/m10./s1. The molecular weight excluding hydrogens is 1090 g/mol. The summed E-state index contributed by atoms with van der Waals surface area (Å²) in [7, 11) is 0. The number of aromatic nitrogens is 6. The second-order valence-corrected chi connectivity index (χ2v) is 20.4. The highest BCUT2D eigenvalue weighted by molar-refractivity contribution is 6.04. The molecule has 6 heterocycles. The van der Waals surface area contributed by atoms with Crippen molar-refractivity contribution < 1.29 is 40.7 Å². The molecule has 0 radical (unpaired) electrons. The Morgan fingerprint density at radius 2 is 0.702 bits per heavy atom. The molecule has 0 spiro atoms. The summed E-state index contributed by atoms with van der Waals surface area (Å²) in [6, 6.07) is 15.0. The fourth-order valence-electron chi connectivity index (χ4n) is 9.64. The van der Waals surface area contributed by atoms with E-state index in [2.05, 4.69) is 45.9 Å². The van der Waals surface area contributed by atoms with E-state index < -0.39 is 34.9 Å². The van der Waals surface area contributed by atoms with Crippen molar-refractivity contribution in [2.75, 3.05) is 33.2 Å². The number of nitrogens with one attached hydrogen (secondary N) is 3. The van der Waals surface area contributed by atoms with Crippen molar-refractivity contribution >= 4 is 84.6 Å². The number of carbonyl (C=O) groups is 3. The summed E-state index contributed by atoms with van der Waals surface area (Å²) in [5.41, 5.74) is 19.0. The number of nitrogen functional groups attached to an aromatic ring is 3. The number of halogens is 6. The highest BCUT2D eigenvalue weighted by atomic mass is 19.2. The first kappa shape index (κ1) is 56.5. The number of hydrogen-bond donors (Lipinski definition) is 6. The molecule has 0 aliphatic heterocycles. The number of aryl methyl sites for hydroxylation is 3. The Morgan fingerprint density at radius 3 is 0.929 bits per heavy atom. The second kappa shape index (κ2) is 22.6. The maximum atomic E-state index is 15.3. The molecule has 3 aliphatic carbocycles. The lowest BCUT2D eigenvalue weighted by atomic mass is 9.97. The largest absolute Gasteiger partial charge is 0.396 e. The Balaban J connectivity index is 0.000000140. The van der Waals surface area contributed by atoms with Gasteiger partial charge < -0.3 is 33.2 Å². The van der Waals surface area contributed by atoms with Crippen LogP contribution in [0.2, 0.25) is 0 Å². The van der Waals surface area contributed by atoms with Crippen LogP contribution in [0.3, 0.4) is 0 Å². The first-order valence-corrected chi connectivity index (χ1v) is 25.8. The van der Waals surface area contributed by atoms with Crippen molar-refractivity contribution in [1.29, 1.82) is 15.8 Å². The van der Waals surface area contributed by atoms with Crippen molar-refractivity contribution in [3.63, 3.8) is 0 Å². The van der Waals surface area contributed by atoms with Crippen molar-refractivity contribution in [3.8, 4) is 51.6 Å². The number of nitriles is 3. The fraction of sp³-hybridized carbons (Fsp3) is 0.200. The van der Waals surface area contributed by atoms with Crippen molar-refractivity contribution in [1.82, 2.24) is 29.9 Å². The number of pyridine rings is 6. The number of benzene rings is 3. The lowest BCUT2D eigenvalue weighted by Crippen LogP contribution is -2.15. The molecule has 3 amide bonds. The zero-order valence-electron chi connectivity index (χ0n) is 44.5. The van der Waals surface area contributed by atoms with E-state index in [1.54, 1.807) is 39.0 Å². The Morgan fingerprint density at radius 1 is 0.440 bits per heavy atom. The van der Waals surface area contributed by atoms with Gasteiger partial charge in [0.1, 0.15) is 34.9 Å². The third kappa shape index (κ3) is 10.7. The van der Waals surface area contributed by atoms with Gasteiger partial charge >= 0.3 is 0 Å². The Bertz CT molecular complexity index is 3950. The van der Waals surface area contributed by atoms with Crippen LogP contribution in [0.1, 0.15) is 36.0 Å². The summed E-state index contributed by atoms with van der Waals surface area (Å²) in [6.07, 6.45) is 13.9. The molecule has 6 aromatic heterocycles. The van der Waals surface area contributed by atoms with Crippen LogP contribution < -0.4 is 33.2 Å². The number of amides is 3. The summed E-state index contributed by atoms with van der Waals surface area (Å²) in [4.78, 5) is 60.3. The van der Waals surface area contributed by atoms with E-state index in [-0.39, 0.29) is 137 Å². The lowest BCUT2D eigenvalue weighted by Gasteiger charge is -2.14. The third-order valence-corrected chi connectivity index (χ3v) is 14.9. The van der Waals surface area contributed by atoms with Crippen LogP contribution in [0.4, 0.5) is 60.9 Å². The smallest absolute Gasteiger partial charge is 0.230 e. The van der Waals surface area contributed by atoms with Crippen LogP contribution in [-0.2, 0) is 14.4 Å². The van der Waals surface area contributed by atoms with Crippen LogP contribution in [0.15, 0.2) is 92.2 Å². The zero-order valence-corrected chi connectivity index (χ0v) is 44.5. The number of carbonyl (C=O) groups excluding carboxylic acids is 3. The van der Waals surface area contributed by atoms with Crippen LogP contribution in [-0.4, -0.2) is 47.6 Å². The number of fused-ring (bicyclic) bond motifs is 3. The van der Waals surface area contributed by atoms with Crippen molar-refractivity contribution in [3.05, 3.63) is 144 Å². The van der Waals surface area contributed by atoms with Gasteiger partial charge in [-0.25, -0.2) is 41.3 Å². The summed E-state index contributed by atoms with van der Waals surface area (Å²) in [5, 5.41) is 34.7. The molecule has 2 unspecified atom stereocenters. The monoisotopic (exact) mass is 1140 g/mol. The molecule has 3 saturated carbocycles. The number of anilines is 6. The molecule has 9 aromatic rings. The number of nitrogens with two attached hydrogens (primary N) is 3. The quantitative estimate of drug-likeness (QED) is 0.0578. The summed E-state index contributed by atoms with van der Waals surface area (Å²) >= 11 is 0. The van der Waals surface area contributed by atoms with Crippen LogP contribution in [0.25, 0.3) is 65.7 Å². The van der Waals surface area contributed by atoms with Gasteiger partial charge in [-0.2, -0.15) is 15.8 Å². The lowest BCUT2D eigenvalue weighted by molar-refractivity contribution is -0.118. The third-order valence-electron chi connectivity index (χ3n) is 14.9. The van der Waals surface area contributed by atoms with Crippen molar-refractivity contribution in [2.24, 2.45) is 35.5 Å². The molecular formula is C60H45F6N15O3. The highest BCUT2D eigenvalue weighted by Crippen LogP contribution is 2.44. The normalized spacial score (nSPS) is 17.9. The molecule has 3 aliphatic rings. The number of hydrogen-bond acceptors (Lipinski definition) is 15. The topological polar surface area (TPSA) is 314 Å². The fourth-order valence-corrected chi connectivity index (χ4v) is 9.64. The van der Waals surface area contributed by atoms with Gasteiger partial charge in [0.05, 0.1) is 87.5 Å². The van der Waals surface area contributed by atoms with Crippen LogP contribution >= 0.6 is 0 Å². The molecule has 3 fully saturated rings. The zero-order chi connectivity index (χ0) is 60.0. The average molecular weight is 1140 g/mol. The maximum Gasteiger partial charge on any atom is 0.230 e. The van der Waals surface area contributed by atoms with Crippen LogP contribution in [0.5, 0.6) is 0 Å². The van der Waals surface area contributed by atoms with E-state index >= 15 is 13.2 Å². The molecule has 9 N–H and O–H groups in total. The molecule has 420 valence electrons. The van der Waals surface area contributed by atoms with Gasteiger partial charge in [0, 0.05) is 105 Å². The minimum atomic E-state index is -0.880. The van der Waals surface area contributed by atoms with E-state index in [0.29, 0.717) is 52.6 Å². The predicted octanol–water partition coefficient (Wildman–Crippen LogP) is 10.7. The second-order valence-electron chi connectivity index (χ2n) is 20.4. The molecule has 12 rings (SSSR count). The van der Waals surface area contributed by atoms with Gasteiger partial charge in [0.15, 0.2) is 17.5 Å². The van der Waals surface area contributed by atoms with Gasteiger partial charge in [-0.3, -0.25) is 29.3 Å². The molecule has 0 saturated heterocycles. The Hall–Kier alpha value is -10.8. The number of rotatable bonds is 9. The molecule has 18 nitrogen and oxygen atoms in total. The molecule has 24 heteroatoms. The number of nitrogens with zero attached hydrogens (tertiary/aromatic N) is 9. The van der Waals surface area contributed by atoms with Crippen LogP contribution in [0, 0.1) is 125 Å². The Labute approximate surface area is 473 Å². The average Bonchev–Trinajstić information content (AvgIpc) is 2.59. The molecule has 0 bridgehead atoms. The maximum absolute atomic E-state index is 15.3. The first-order chi connectivity index (χ1) is 40.3. The van der Waals surface area contributed by atoms with E-state index in [1.807, 2.05) is 18.2 Å². The van der Waals surface area contributed by atoms with Gasteiger partial charge in [0.2, 0.25) is 17.7 Å². The Kier molecular flexibility index (Phi) is 15.2. The first-order valence-electron chi connectivity index (χ1n) is 25.8. The highest BCUT2D eigenvalue weighted by Gasteiger charge is 2.45. The van der Waals surface area contributed by atoms with Crippen molar-refractivity contribution in [2.45, 2.75) is 40.0 Å². The predicted molar refractivity (Wildman–Crippen MR) is 300 cm³/mol.